The normalized spacial score (nSPS) is 20.6. The van der Waals surface area contributed by atoms with E-state index in [1.54, 1.807) is 38.4 Å². The standard InChI is InChI=1S/C29H26F2N4O2/c1-14-18-5-4-6-23(37-28(30)31)24(18)19-11-21(25(14)32)26-20(19)10-16-9-15(7-8-22(16)35-26)17-12-33-27(34-13-17)29(2,3)36/h4-10,12-14,19,21,28,32,36H,11H2,1-3H3/t14-,19+,21+/m0/s1. The lowest BCUT2D eigenvalue weighted by atomic mass is 9.83. The molecular formula is C29H26F2N4O2. The number of pyridine rings is 1. The SMILES string of the molecule is C[C@@H]1C(=N)[C@H]2C[C@H](c3cc4cc(-c5cnc(C(C)(C)O)nc5)ccc4nc32)c2c(OC(F)F)cccc21. The number of hydrogen-bond donors (Lipinski definition) is 2. The van der Waals surface area contributed by atoms with Gasteiger partial charge in [-0.05, 0) is 61.2 Å². The van der Waals surface area contributed by atoms with Crippen molar-refractivity contribution in [3.63, 3.8) is 0 Å². The lowest BCUT2D eigenvalue weighted by Crippen LogP contribution is -2.19. The highest BCUT2D eigenvalue weighted by molar-refractivity contribution is 5.97. The molecule has 0 radical (unpaired) electrons. The number of fused-ring (bicyclic) bond motifs is 8. The second-order valence-electron chi connectivity index (χ2n) is 10.4. The molecule has 188 valence electrons. The summed E-state index contributed by atoms with van der Waals surface area (Å²) in [6.07, 6.45) is 3.98. The lowest BCUT2D eigenvalue weighted by Gasteiger charge is -2.24. The van der Waals surface area contributed by atoms with Crippen molar-refractivity contribution in [1.82, 2.24) is 15.0 Å². The van der Waals surface area contributed by atoms with Crippen LogP contribution in [0.4, 0.5) is 8.78 Å². The molecular weight excluding hydrogens is 474 g/mol. The molecule has 0 fully saturated rings. The third-order valence-corrected chi connectivity index (χ3v) is 7.56. The molecule has 2 N–H and O–H groups in total. The summed E-state index contributed by atoms with van der Waals surface area (Å²) in [5, 5.41) is 20.0. The van der Waals surface area contributed by atoms with Crippen molar-refractivity contribution in [2.75, 3.05) is 0 Å². The van der Waals surface area contributed by atoms with Crippen molar-refractivity contribution in [1.29, 1.82) is 5.41 Å². The van der Waals surface area contributed by atoms with E-state index in [4.69, 9.17) is 15.1 Å². The van der Waals surface area contributed by atoms with Gasteiger partial charge in [0, 0.05) is 52.4 Å². The molecule has 2 aromatic heterocycles. The molecule has 6 rings (SSSR count). The van der Waals surface area contributed by atoms with Crippen LogP contribution in [0.15, 0.2) is 54.9 Å². The zero-order valence-electron chi connectivity index (χ0n) is 20.7. The Labute approximate surface area is 212 Å². The molecule has 37 heavy (non-hydrogen) atoms. The molecule has 2 aliphatic rings. The van der Waals surface area contributed by atoms with Crippen LogP contribution in [-0.4, -0.2) is 32.4 Å². The third kappa shape index (κ3) is 3.87. The van der Waals surface area contributed by atoms with E-state index in [-0.39, 0.29) is 23.5 Å². The van der Waals surface area contributed by atoms with E-state index in [0.29, 0.717) is 18.0 Å². The molecule has 2 heterocycles. The summed E-state index contributed by atoms with van der Waals surface area (Å²) in [5.41, 5.74) is 5.32. The van der Waals surface area contributed by atoms with Crippen molar-refractivity contribution in [2.45, 2.75) is 57.2 Å². The predicted molar refractivity (Wildman–Crippen MR) is 136 cm³/mol. The van der Waals surface area contributed by atoms with Crippen LogP contribution < -0.4 is 4.74 Å². The zero-order chi connectivity index (χ0) is 26.1. The van der Waals surface area contributed by atoms with Gasteiger partial charge in [0.2, 0.25) is 0 Å². The molecule has 4 aromatic rings. The molecule has 0 aliphatic heterocycles. The topological polar surface area (TPSA) is 92.0 Å². The number of nitrogens with zero attached hydrogens (tertiary/aromatic N) is 3. The molecule has 2 aliphatic carbocycles. The molecule has 2 bridgehead atoms. The van der Waals surface area contributed by atoms with Crippen molar-refractivity contribution >= 4 is 16.6 Å². The Balaban J connectivity index is 1.48. The first-order chi connectivity index (χ1) is 17.6. The maximum Gasteiger partial charge on any atom is 0.387 e. The van der Waals surface area contributed by atoms with Crippen molar-refractivity contribution < 1.29 is 18.6 Å². The summed E-state index contributed by atoms with van der Waals surface area (Å²) in [4.78, 5) is 13.6. The molecule has 0 amide bonds. The molecule has 0 saturated heterocycles. The summed E-state index contributed by atoms with van der Waals surface area (Å²) in [7, 11) is 0. The van der Waals surface area contributed by atoms with Crippen molar-refractivity contribution in [3.05, 3.63) is 83.1 Å². The number of benzene rings is 2. The molecule has 6 nitrogen and oxygen atoms in total. The minimum absolute atomic E-state index is 0.170. The second kappa shape index (κ2) is 8.38. The summed E-state index contributed by atoms with van der Waals surface area (Å²) < 4.78 is 31.6. The minimum Gasteiger partial charge on any atom is -0.435 e. The van der Waals surface area contributed by atoms with Gasteiger partial charge in [-0.2, -0.15) is 8.78 Å². The Morgan fingerprint density at radius 2 is 1.78 bits per heavy atom. The predicted octanol–water partition coefficient (Wildman–Crippen LogP) is 6.28. The smallest absolute Gasteiger partial charge is 0.387 e. The highest BCUT2D eigenvalue weighted by Crippen LogP contribution is 2.54. The van der Waals surface area contributed by atoms with E-state index in [2.05, 4.69) is 16.0 Å². The van der Waals surface area contributed by atoms with Crippen LogP contribution in [0, 0.1) is 5.41 Å². The number of nitrogens with one attached hydrogen (secondary N) is 1. The van der Waals surface area contributed by atoms with Gasteiger partial charge >= 0.3 is 6.61 Å². The Kier molecular flexibility index (Phi) is 5.35. The van der Waals surface area contributed by atoms with Crippen LogP contribution in [0.1, 0.15) is 73.2 Å². The summed E-state index contributed by atoms with van der Waals surface area (Å²) >= 11 is 0. The Hall–Kier alpha value is -3.78. The quantitative estimate of drug-likeness (QED) is 0.344. The van der Waals surface area contributed by atoms with E-state index in [0.717, 1.165) is 44.4 Å². The average molecular weight is 501 g/mol. The van der Waals surface area contributed by atoms with Gasteiger partial charge in [0.25, 0.3) is 0 Å². The molecule has 8 heteroatoms. The maximum atomic E-state index is 13.3. The van der Waals surface area contributed by atoms with Crippen LogP contribution in [-0.2, 0) is 5.60 Å². The Morgan fingerprint density at radius 1 is 1.03 bits per heavy atom. The third-order valence-electron chi connectivity index (χ3n) is 7.56. The van der Waals surface area contributed by atoms with E-state index < -0.39 is 12.2 Å². The van der Waals surface area contributed by atoms with Crippen LogP contribution in [0.25, 0.3) is 22.0 Å². The van der Waals surface area contributed by atoms with Crippen LogP contribution in [0.5, 0.6) is 5.75 Å². The fraction of sp³-hybridized carbons (Fsp3) is 0.310. The molecule has 0 saturated carbocycles. The van der Waals surface area contributed by atoms with Gasteiger partial charge in [0.05, 0.1) is 11.2 Å². The summed E-state index contributed by atoms with van der Waals surface area (Å²) in [6, 6.07) is 13.2. The van der Waals surface area contributed by atoms with Crippen molar-refractivity contribution in [2.24, 2.45) is 0 Å². The number of aliphatic hydroxyl groups is 1. The fourth-order valence-electron chi connectivity index (χ4n) is 5.74. The first kappa shape index (κ1) is 23.6. The van der Waals surface area contributed by atoms with Gasteiger partial charge in [-0.1, -0.05) is 25.1 Å². The summed E-state index contributed by atoms with van der Waals surface area (Å²) in [5.74, 6) is -0.0643. The number of alkyl halides is 2. The van der Waals surface area contributed by atoms with Crippen LogP contribution in [0.3, 0.4) is 0 Å². The molecule has 0 spiro atoms. The highest BCUT2D eigenvalue weighted by Gasteiger charge is 2.43. The van der Waals surface area contributed by atoms with Gasteiger partial charge in [-0.3, -0.25) is 4.98 Å². The number of ether oxygens (including phenoxy) is 1. The van der Waals surface area contributed by atoms with Gasteiger partial charge in [0.15, 0.2) is 5.82 Å². The molecule has 0 unspecified atom stereocenters. The van der Waals surface area contributed by atoms with Crippen molar-refractivity contribution in [3.8, 4) is 16.9 Å². The van der Waals surface area contributed by atoms with Crippen LogP contribution >= 0.6 is 0 Å². The highest BCUT2D eigenvalue weighted by atomic mass is 19.3. The van der Waals surface area contributed by atoms with E-state index in [1.165, 1.54) is 0 Å². The van der Waals surface area contributed by atoms with Gasteiger partial charge in [-0.25, -0.2) is 9.97 Å². The summed E-state index contributed by atoms with van der Waals surface area (Å²) in [6.45, 7) is 2.30. The van der Waals surface area contributed by atoms with Gasteiger partial charge in [-0.15, -0.1) is 0 Å². The molecule has 2 aromatic carbocycles. The minimum atomic E-state index is -2.93. The second-order valence-corrected chi connectivity index (χ2v) is 10.4. The van der Waals surface area contributed by atoms with E-state index in [1.807, 2.05) is 31.2 Å². The number of halogens is 2. The van der Waals surface area contributed by atoms with Gasteiger partial charge in [0.1, 0.15) is 11.4 Å². The maximum absolute atomic E-state index is 13.3. The Morgan fingerprint density at radius 3 is 2.49 bits per heavy atom. The van der Waals surface area contributed by atoms with Crippen LogP contribution in [0.2, 0.25) is 0 Å². The molecule has 3 atom stereocenters. The van der Waals surface area contributed by atoms with Gasteiger partial charge < -0.3 is 15.3 Å². The average Bonchev–Trinajstić information content (AvgIpc) is 3.18. The first-order valence-corrected chi connectivity index (χ1v) is 12.3. The fourth-order valence-corrected chi connectivity index (χ4v) is 5.74. The number of rotatable bonds is 4. The number of aromatic nitrogens is 3. The number of hydrogen-bond acceptors (Lipinski definition) is 6. The van der Waals surface area contributed by atoms with E-state index >= 15 is 0 Å². The first-order valence-electron chi connectivity index (χ1n) is 12.3. The Bertz CT molecular complexity index is 1550. The lowest BCUT2D eigenvalue weighted by molar-refractivity contribution is -0.0506. The van der Waals surface area contributed by atoms with E-state index in [9.17, 15) is 13.9 Å². The largest absolute Gasteiger partial charge is 0.435 e. The monoisotopic (exact) mass is 500 g/mol. The zero-order valence-corrected chi connectivity index (χ0v) is 20.7.